The van der Waals surface area contributed by atoms with Crippen LogP contribution >= 0.6 is 0 Å². The van der Waals surface area contributed by atoms with Crippen molar-refractivity contribution in [2.24, 2.45) is 0 Å². The Kier molecular flexibility index (Phi) is 3.41. The molecule has 1 aliphatic rings. The van der Waals surface area contributed by atoms with Crippen LogP contribution in [-0.4, -0.2) is 38.6 Å². The summed E-state index contributed by atoms with van der Waals surface area (Å²) in [6, 6.07) is 1.35. The molecule has 0 aliphatic carbocycles. The molecule has 2 rings (SSSR count). The molecule has 2 heterocycles. The molecule has 1 aliphatic heterocycles. The predicted octanol–water partition coefficient (Wildman–Crippen LogP) is -1.07. The van der Waals surface area contributed by atoms with Gasteiger partial charge in [-0.2, -0.15) is 4.98 Å². The smallest absolute Gasteiger partial charge is 0.351 e. The lowest BCUT2D eigenvalue weighted by atomic mass is 10.1. The summed E-state index contributed by atoms with van der Waals surface area (Å²) >= 11 is 0. The number of halogens is 1. The second-order valence-corrected chi connectivity index (χ2v) is 3.81. The molecule has 4 N–H and O–H groups in total. The topological polar surface area (TPSA) is 111 Å². The van der Waals surface area contributed by atoms with Gasteiger partial charge in [0.1, 0.15) is 18.0 Å². The van der Waals surface area contributed by atoms with Gasteiger partial charge in [-0.15, -0.1) is 0 Å². The van der Waals surface area contributed by atoms with Gasteiger partial charge in [0.2, 0.25) is 0 Å². The molecule has 1 aromatic heterocycles. The summed E-state index contributed by atoms with van der Waals surface area (Å²) in [6.07, 6.45) is -1.99. The summed E-state index contributed by atoms with van der Waals surface area (Å²) in [6.45, 7) is -0.494. The van der Waals surface area contributed by atoms with Gasteiger partial charge in [0, 0.05) is 11.8 Å². The molecule has 3 atom stereocenters. The first-order valence-corrected chi connectivity index (χ1v) is 5.17. The number of rotatable bonds is 2. The van der Waals surface area contributed by atoms with E-state index in [-0.39, 0.29) is 17.7 Å². The van der Waals surface area contributed by atoms with Crippen molar-refractivity contribution in [2.75, 3.05) is 12.3 Å². The van der Waals surface area contributed by atoms with E-state index in [2.05, 4.69) is 4.98 Å². The first-order valence-electron chi connectivity index (χ1n) is 5.17. The third-order valence-corrected chi connectivity index (χ3v) is 2.69. The zero-order chi connectivity index (χ0) is 13.3. The Bertz CT molecular complexity index is 530. The highest BCUT2D eigenvalue weighted by atomic mass is 19.1. The number of hydrogen-bond donors (Lipinski definition) is 3. The van der Waals surface area contributed by atoms with E-state index in [0.717, 1.165) is 4.57 Å². The van der Waals surface area contributed by atoms with E-state index in [9.17, 15) is 14.3 Å². The molecule has 0 unspecified atom stereocenters. The van der Waals surface area contributed by atoms with Crippen molar-refractivity contribution >= 4 is 5.82 Å². The van der Waals surface area contributed by atoms with Gasteiger partial charge in [0.05, 0.1) is 12.9 Å². The number of ether oxygens (including phenoxy) is 1. The van der Waals surface area contributed by atoms with Crippen LogP contribution in [0, 0.1) is 0 Å². The van der Waals surface area contributed by atoms with E-state index in [1.807, 2.05) is 0 Å². The third kappa shape index (κ3) is 2.01. The molecule has 1 aromatic rings. The Balaban J connectivity index is 2.41. The fraction of sp³-hybridized carbons (Fsp3) is 0.400. The summed E-state index contributed by atoms with van der Waals surface area (Å²) in [4.78, 5) is 15.1. The van der Waals surface area contributed by atoms with E-state index in [4.69, 9.17) is 15.6 Å². The van der Waals surface area contributed by atoms with Gasteiger partial charge in [-0.3, -0.25) is 4.57 Å². The van der Waals surface area contributed by atoms with Crippen molar-refractivity contribution in [1.82, 2.24) is 9.55 Å². The van der Waals surface area contributed by atoms with Crippen LogP contribution in [0.25, 0.3) is 0 Å². The number of nitrogens with zero attached hydrogens (tertiary/aromatic N) is 2. The molecule has 8 heteroatoms. The summed E-state index contributed by atoms with van der Waals surface area (Å²) in [5, 5.41) is 18.6. The Morgan fingerprint density at radius 1 is 1.67 bits per heavy atom. The lowest BCUT2D eigenvalue weighted by Gasteiger charge is -2.14. The van der Waals surface area contributed by atoms with Crippen LogP contribution in [-0.2, 0) is 4.74 Å². The van der Waals surface area contributed by atoms with Crippen LogP contribution in [0.2, 0.25) is 0 Å². The van der Waals surface area contributed by atoms with Crippen molar-refractivity contribution < 1.29 is 19.3 Å². The molecule has 0 radical (unpaired) electrons. The van der Waals surface area contributed by atoms with E-state index in [1.165, 1.54) is 12.3 Å². The van der Waals surface area contributed by atoms with Crippen LogP contribution in [0.1, 0.15) is 6.23 Å². The molecule has 0 aromatic carbocycles. The highest BCUT2D eigenvalue weighted by Gasteiger charge is 2.40. The number of anilines is 1. The second-order valence-electron chi connectivity index (χ2n) is 3.81. The van der Waals surface area contributed by atoms with Gasteiger partial charge in [-0.05, 0) is 6.07 Å². The number of aromatic nitrogens is 2. The van der Waals surface area contributed by atoms with Crippen LogP contribution in [0.3, 0.4) is 0 Å². The lowest BCUT2D eigenvalue weighted by Crippen LogP contribution is -2.28. The van der Waals surface area contributed by atoms with Gasteiger partial charge in [0.25, 0.3) is 0 Å². The summed E-state index contributed by atoms with van der Waals surface area (Å²) in [5.74, 6) is 0.0271. The fourth-order valence-corrected chi connectivity index (χ4v) is 1.77. The summed E-state index contributed by atoms with van der Waals surface area (Å²) < 4.78 is 19.0. The highest BCUT2D eigenvalue weighted by molar-refractivity contribution is 5.25. The zero-order valence-corrected chi connectivity index (χ0v) is 9.23. The lowest BCUT2D eigenvalue weighted by molar-refractivity contribution is -0.0447. The van der Waals surface area contributed by atoms with E-state index >= 15 is 0 Å². The number of nitrogen functional groups attached to an aromatic ring is 1. The minimum absolute atomic E-state index is 0.0271. The quantitative estimate of drug-likeness (QED) is 0.622. The third-order valence-electron chi connectivity index (χ3n) is 2.69. The van der Waals surface area contributed by atoms with Crippen molar-refractivity contribution in [1.29, 1.82) is 0 Å². The van der Waals surface area contributed by atoms with Crippen LogP contribution in [0.4, 0.5) is 10.2 Å². The van der Waals surface area contributed by atoms with Crippen molar-refractivity contribution in [3.63, 3.8) is 0 Å². The monoisotopic (exact) mass is 257 g/mol. The standard InChI is InChI=1S/C10H12FN3O4/c11-3-5-8(16)6(4-15)18-9(5)14-2-1-7(12)13-10(14)17/h1-3,6,8-9,15-16H,4H2,(H2,12,13,17)/b5-3-/t6-,8+,9+/m1/s1. The second kappa shape index (κ2) is 4.84. The van der Waals surface area contributed by atoms with Gasteiger partial charge >= 0.3 is 5.69 Å². The maximum atomic E-state index is 12.8. The molecule has 7 nitrogen and oxygen atoms in total. The van der Waals surface area contributed by atoms with Crippen molar-refractivity contribution in [2.45, 2.75) is 18.4 Å². The molecular formula is C10H12FN3O4. The first kappa shape index (κ1) is 12.7. The minimum atomic E-state index is -1.31. The normalized spacial score (nSPS) is 29.9. The Labute approximate surface area is 101 Å². The molecule has 18 heavy (non-hydrogen) atoms. The maximum absolute atomic E-state index is 12.8. The van der Waals surface area contributed by atoms with Gasteiger partial charge in [-0.25, -0.2) is 9.18 Å². The predicted molar refractivity (Wildman–Crippen MR) is 59.1 cm³/mol. The Morgan fingerprint density at radius 2 is 2.39 bits per heavy atom. The first-order chi connectivity index (χ1) is 8.58. The molecule has 1 saturated heterocycles. The molecule has 0 amide bonds. The van der Waals surface area contributed by atoms with Crippen molar-refractivity contribution in [3.8, 4) is 0 Å². The summed E-state index contributed by atoms with van der Waals surface area (Å²) in [5.41, 5.74) is 4.45. The average molecular weight is 257 g/mol. The molecule has 1 fully saturated rings. The molecule has 0 spiro atoms. The van der Waals surface area contributed by atoms with E-state index in [0.29, 0.717) is 0 Å². The van der Waals surface area contributed by atoms with Crippen molar-refractivity contribution in [3.05, 3.63) is 34.7 Å². The van der Waals surface area contributed by atoms with Crippen LogP contribution < -0.4 is 11.4 Å². The minimum Gasteiger partial charge on any atom is -0.394 e. The Hall–Kier alpha value is -1.77. The Morgan fingerprint density at radius 3 is 2.94 bits per heavy atom. The number of hydrogen-bond acceptors (Lipinski definition) is 6. The largest absolute Gasteiger partial charge is 0.394 e. The van der Waals surface area contributed by atoms with Crippen LogP contribution in [0.5, 0.6) is 0 Å². The number of nitrogens with two attached hydrogens (primary N) is 1. The fourth-order valence-electron chi connectivity index (χ4n) is 1.77. The summed E-state index contributed by atoms with van der Waals surface area (Å²) in [7, 11) is 0. The van der Waals surface area contributed by atoms with Crippen LogP contribution in [0.15, 0.2) is 29.0 Å². The average Bonchev–Trinajstić information content (AvgIpc) is 2.65. The van der Waals surface area contributed by atoms with Gasteiger partial charge < -0.3 is 20.7 Å². The number of aliphatic hydroxyl groups is 2. The van der Waals surface area contributed by atoms with Gasteiger partial charge in [0.15, 0.2) is 6.23 Å². The zero-order valence-electron chi connectivity index (χ0n) is 9.23. The van der Waals surface area contributed by atoms with Gasteiger partial charge in [-0.1, -0.05) is 0 Å². The van der Waals surface area contributed by atoms with E-state index in [1.54, 1.807) is 0 Å². The SMILES string of the molecule is Nc1ccn([C@H]2O[C@H](CO)[C@@H](O)/C2=C/F)c(=O)n1. The molecule has 0 bridgehead atoms. The molecular weight excluding hydrogens is 245 g/mol. The van der Waals surface area contributed by atoms with E-state index < -0.39 is 30.7 Å². The number of aliphatic hydroxyl groups excluding tert-OH is 2. The highest BCUT2D eigenvalue weighted by Crippen LogP contribution is 2.33. The molecule has 98 valence electrons. The molecule has 0 saturated carbocycles. The maximum Gasteiger partial charge on any atom is 0.351 e.